The summed E-state index contributed by atoms with van der Waals surface area (Å²) in [4.78, 5) is 0. The SMILES string of the molecule is OC(c1c(F)cccc1Br)C1CC1c1ccccc1. The van der Waals surface area contributed by atoms with Crippen molar-refractivity contribution in [2.24, 2.45) is 5.92 Å². The van der Waals surface area contributed by atoms with Crippen LogP contribution in [0.1, 0.15) is 29.6 Å². The summed E-state index contributed by atoms with van der Waals surface area (Å²) in [7, 11) is 0. The number of halogens is 2. The van der Waals surface area contributed by atoms with E-state index in [1.165, 1.54) is 11.6 Å². The number of aliphatic hydroxyl groups excluding tert-OH is 1. The van der Waals surface area contributed by atoms with E-state index in [0.29, 0.717) is 16.0 Å². The van der Waals surface area contributed by atoms with Gasteiger partial charge in [-0.05, 0) is 36.0 Å². The van der Waals surface area contributed by atoms with E-state index in [1.54, 1.807) is 12.1 Å². The smallest absolute Gasteiger partial charge is 0.130 e. The highest BCUT2D eigenvalue weighted by molar-refractivity contribution is 9.10. The first kappa shape index (κ1) is 12.8. The topological polar surface area (TPSA) is 20.2 Å². The fourth-order valence-electron chi connectivity index (χ4n) is 2.65. The number of benzene rings is 2. The maximum atomic E-state index is 13.8. The molecule has 1 aliphatic carbocycles. The molecule has 0 saturated heterocycles. The van der Waals surface area contributed by atoms with Gasteiger partial charge in [0.2, 0.25) is 0 Å². The Morgan fingerprint density at radius 2 is 1.84 bits per heavy atom. The van der Waals surface area contributed by atoms with Crippen molar-refractivity contribution in [3.63, 3.8) is 0 Å². The highest BCUT2D eigenvalue weighted by Crippen LogP contribution is 2.54. The molecular formula is C16H14BrFO. The summed E-state index contributed by atoms with van der Waals surface area (Å²) in [5.74, 6) is 0.0962. The van der Waals surface area contributed by atoms with Crippen LogP contribution in [0.25, 0.3) is 0 Å². The zero-order valence-corrected chi connectivity index (χ0v) is 11.8. The third-order valence-corrected chi connectivity index (χ3v) is 4.46. The number of hydrogen-bond donors (Lipinski definition) is 1. The molecule has 3 unspecified atom stereocenters. The molecule has 3 rings (SSSR count). The minimum atomic E-state index is -0.749. The molecule has 1 saturated carbocycles. The molecule has 0 spiro atoms. The lowest BCUT2D eigenvalue weighted by molar-refractivity contribution is 0.146. The van der Waals surface area contributed by atoms with Gasteiger partial charge in [-0.2, -0.15) is 0 Å². The van der Waals surface area contributed by atoms with Crippen molar-refractivity contribution in [1.82, 2.24) is 0 Å². The summed E-state index contributed by atoms with van der Waals surface area (Å²) in [6, 6.07) is 14.9. The predicted molar refractivity (Wildman–Crippen MR) is 76.3 cm³/mol. The zero-order chi connectivity index (χ0) is 13.4. The molecule has 3 heteroatoms. The Labute approximate surface area is 120 Å². The van der Waals surface area contributed by atoms with E-state index in [2.05, 4.69) is 28.1 Å². The molecule has 1 fully saturated rings. The van der Waals surface area contributed by atoms with Gasteiger partial charge in [-0.3, -0.25) is 0 Å². The third-order valence-electron chi connectivity index (χ3n) is 3.77. The van der Waals surface area contributed by atoms with Crippen LogP contribution in [-0.2, 0) is 0 Å². The molecular weight excluding hydrogens is 307 g/mol. The van der Waals surface area contributed by atoms with Gasteiger partial charge < -0.3 is 5.11 Å². The molecule has 2 aromatic rings. The molecule has 1 nitrogen and oxygen atoms in total. The quantitative estimate of drug-likeness (QED) is 0.887. The summed E-state index contributed by atoms with van der Waals surface area (Å²) >= 11 is 3.32. The summed E-state index contributed by atoms with van der Waals surface area (Å²) in [6.07, 6.45) is 0.159. The van der Waals surface area contributed by atoms with Crippen molar-refractivity contribution in [3.8, 4) is 0 Å². The average Bonchev–Trinajstić information content (AvgIpc) is 3.19. The van der Waals surface area contributed by atoms with Gasteiger partial charge in [0, 0.05) is 10.0 Å². The van der Waals surface area contributed by atoms with Gasteiger partial charge in [0.05, 0.1) is 6.10 Å². The second-order valence-corrected chi connectivity index (χ2v) is 5.85. The first-order valence-electron chi connectivity index (χ1n) is 6.35. The molecule has 0 aromatic heterocycles. The number of rotatable bonds is 3. The van der Waals surface area contributed by atoms with Gasteiger partial charge in [-0.25, -0.2) is 4.39 Å². The fraction of sp³-hybridized carbons (Fsp3) is 0.250. The van der Waals surface area contributed by atoms with Crippen LogP contribution in [0.5, 0.6) is 0 Å². The highest BCUT2D eigenvalue weighted by atomic mass is 79.9. The maximum absolute atomic E-state index is 13.8. The van der Waals surface area contributed by atoms with Gasteiger partial charge in [-0.1, -0.05) is 52.3 Å². The monoisotopic (exact) mass is 320 g/mol. The standard InChI is InChI=1S/C16H14BrFO/c17-13-7-4-8-14(18)15(13)16(19)12-9-11(12)10-5-2-1-3-6-10/h1-8,11-12,16,19H,9H2. The lowest BCUT2D eigenvalue weighted by Crippen LogP contribution is -2.05. The Balaban J connectivity index is 1.82. The van der Waals surface area contributed by atoms with Crippen LogP contribution in [0.15, 0.2) is 53.0 Å². The van der Waals surface area contributed by atoms with Crippen LogP contribution < -0.4 is 0 Å². The lowest BCUT2D eigenvalue weighted by atomic mass is 10.0. The Morgan fingerprint density at radius 3 is 2.53 bits per heavy atom. The summed E-state index contributed by atoms with van der Waals surface area (Å²) in [5.41, 5.74) is 1.60. The molecule has 3 atom stereocenters. The Bertz CT molecular complexity index is 564. The molecule has 1 N–H and O–H groups in total. The Morgan fingerprint density at radius 1 is 1.11 bits per heavy atom. The van der Waals surface area contributed by atoms with E-state index in [9.17, 15) is 9.50 Å². The van der Waals surface area contributed by atoms with Crippen molar-refractivity contribution in [2.75, 3.05) is 0 Å². The van der Waals surface area contributed by atoms with Gasteiger partial charge >= 0.3 is 0 Å². The first-order valence-corrected chi connectivity index (χ1v) is 7.14. The minimum Gasteiger partial charge on any atom is -0.388 e. The van der Waals surface area contributed by atoms with Gasteiger partial charge in [0.25, 0.3) is 0 Å². The molecule has 98 valence electrons. The second kappa shape index (κ2) is 5.06. The molecule has 0 radical (unpaired) electrons. The van der Waals surface area contributed by atoms with Crippen molar-refractivity contribution in [3.05, 3.63) is 69.9 Å². The van der Waals surface area contributed by atoms with Gasteiger partial charge in [0.15, 0.2) is 0 Å². The van der Waals surface area contributed by atoms with Crippen LogP contribution in [0.3, 0.4) is 0 Å². The van der Waals surface area contributed by atoms with Crippen LogP contribution in [0.2, 0.25) is 0 Å². The fourth-order valence-corrected chi connectivity index (χ4v) is 3.23. The van der Waals surface area contributed by atoms with Crippen molar-refractivity contribution >= 4 is 15.9 Å². The molecule has 1 aliphatic rings. The largest absolute Gasteiger partial charge is 0.388 e. The molecule has 2 aromatic carbocycles. The number of aliphatic hydroxyl groups is 1. The zero-order valence-electron chi connectivity index (χ0n) is 10.3. The molecule has 0 heterocycles. The lowest BCUT2D eigenvalue weighted by Gasteiger charge is -2.14. The molecule has 0 amide bonds. The first-order chi connectivity index (χ1) is 9.18. The van der Waals surface area contributed by atoms with Crippen molar-refractivity contribution < 1.29 is 9.50 Å². The number of hydrogen-bond acceptors (Lipinski definition) is 1. The van der Waals surface area contributed by atoms with Crippen LogP contribution in [-0.4, -0.2) is 5.11 Å². The van der Waals surface area contributed by atoms with E-state index in [4.69, 9.17) is 0 Å². The third kappa shape index (κ3) is 2.45. The van der Waals surface area contributed by atoms with Crippen LogP contribution >= 0.6 is 15.9 Å². The minimum absolute atomic E-state index is 0.107. The molecule has 0 bridgehead atoms. The van der Waals surface area contributed by atoms with E-state index >= 15 is 0 Å². The van der Waals surface area contributed by atoms with Crippen LogP contribution in [0.4, 0.5) is 4.39 Å². The summed E-state index contributed by atoms with van der Waals surface area (Å²) < 4.78 is 14.5. The normalized spacial score (nSPS) is 23.1. The Kier molecular flexibility index (Phi) is 3.42. The van der Waals surface area contributed by atoms with E-state index in [1.807, 2.05) is 18.2 Å². The van der Waals surface area contributed by atoms with E-state index in [0.717, 1.165) is 6.42 Å². The van der Waals surface area contributed by atoms with Crippen molar-refractivity contribution in [2.45, 2.75) is 18.4 Å². The van der Waals surface area contributed by atoms with E-state index in [-0.39, 0.29) is 11.7 Å². The van der Waals surface area contributed by atoms with Crippen LogP contribution in [0, 0.1) is 11.7 Å². The average molecular weight is 321 g/mol. The van der Waals surface area contributed by atoms with Gasteiger partial charge in [0.1, 0.15) is 5.82 Å². The highest BCUT2D eigenvalue weighted by Gasteiger charge is 2.44. The van der Waals surface area contributed by atoms with Crippen molar-refractivity contribution in [1.29, 1.82) is 0 Å². The van der Waals surface area contributed by atoms with Gasteiger partial charge in [-0.15, -0.1) is 0 Å². The molecule has 0 aliphatic heterocycles. The summed E-state index contributed by atoms with van der Waals surface area (Å²) in [5, 5.41) is 10.4. The second-order valence-electron chi connectivity index (χ2n) is 5.00. The summed E-state index contributed by atoms with van der Waals surface area (Å²) in [6.45, 7) is 0. The van der Waals surface area contributed by atoms with E-state index < -0.39 is 6.10 Å². The Hall–Kier alpha value is -1.19. The maximum Gasteiger partial charge on any atom is 0.130 e. The predicted octanol–water partition coefficient (Wildman–Crippen LogP) is 4.43. The molecule has 19 heavy (non-hydrogen) atoms.